The van der Waals surface area contributed by atoms with Gasteiger partial charge in [-0.25, -0.2) is 13.8 Å². The number of para-hydroxylation sites is 1. The third-order valence-electron chi connectivity index (χ3n) is 3.95. The van der Waals surface area contributed by atoms with E-state index in [1.165, 1.54) is 7.05 Å². The van der Waals surface area contributed by atoms with Crippen LogP contribution in [0.15, 0.2) is 58.1 Å². The number of nitrogens with two attached hydrogens (primary N) is 1. The van der Waals surface area contributed by atoms with Gasteiger partial charge >= 0.3 is 5.69 Å². The first-order chi connectivity index (χ1) is 13.3. The maximum atomic E-state index is 14.6. The average molecular weight is 380 g/mol. The number of hydrogen-bond donors (Lipinski definition) is 1. The lowest BCUT2D eigenvalue weighted by Gasteiger charge is -2.13. The zero-order chi connectivity index (χ0) is 20.4. The van der Waals surface area contributed by atoms with E-state index in [1.807, 2.05) is 0 Å². The minimum Gasteiger partial charge on any atom is -0.456 e. The number of carbonyl (C=O) groups excluding carboxylic acids is 1. The number of nitriles is 1. The molecule has 8 nitrogen and oxygen atoms in total. The number of benzene rings is 2. The van der Waals surface area contributed by atoms with Crippen LogP contribution in [0.25, 0.3) is 5.69 Å². The zero-order valence-corrected chi connectivity index (χ0v) is 14.5. The number of rotatable bonds is 4. The Labute approximate surface area is 157 Å². The predicted molar refractivity (Wildman–Crippen MR) is 97.0 cm³/mol. The highest BCUT2D eigenvalue weighted by molar-refractivity contribution is 5.90. The Hall–Kier alpha value is -4.19. The van der Waals surface area contributed by atoms with E-state index in [4.69, 9.17) is 10.5 Å². The van der Waals surface area contributed by atoms with Gasteiger partial charge in [-0.15, -0.1) is 0 Å². The number of hydrogen-bond acceptors (Lipinski definition) is 5. The molecule has 0 radical (unpaired) electrons. The molecule has 3 aromatic rings. The summed E-state index contributed by atoms with van der Waals surface area (Å²) in [6.45, 7) is 0. The Morgan fingerprint density at radius 1 is 1.18 bits per heavy atom. The summed E-state index contributed by atoms with van der Waals surface area (Å²) in [6, 6.07) is 13.0. The number of amides is 1. The fourth-order valence-corrected chi connectivity index (χ4v) is 2.59. The summed E-state index contributed by atoms with van der Waals surface area (Å²) in [7, 11) is 1.22. The van der Waals surface area contributed by atoms with E-state index in [0.29, 0.717) is 10.3 Å². The number of ether oxygens (including phenoxy) is 1. The Morgan fingerprint density at radius 3 is 2.46 bits per heavy atom. The van der Waals surface area contributed by atoms with E-state index in [0.717, 1.165) is 22.8 Å². The van der Waals surface area contributed by atoms with Crippen LogP contribution >= 0.6 is 0 Å². The summed E-state index contributed by atoms with van der Waals surface area (Å²) in [5.74, 6) is -1.63. The molecule has 0 aliphatic rings. The molecule has 0 saturated heterocycles. The molecule has 0 saturated carbocycles. The lowest BCUT2D eigenvalue weighted by molar-refractivity contribution is 0.0990. The van der Waals surface area contributed by atoms with Crippen LogP contribution in [0.4, 0.5) is 4.39 Å². The molecule has 0 aliphatic heterocycles. The standard InChI is InChI=1S/C19H13FN4O4/c1-23-15(18(22)26)9-17(25)24(19(23)27)14-8-16(11(10-21)7-13(14)20)28-12-5-3-2-4-6-12/h2-9H,1H3,(H2,22,26). The van der Waals surface area contributed by atoms with Crippen molar-refractivity contribution in [2.45, 2.75) is 0 Å². The van der Waals surface area contributed by atoms with Gasteiger partial charge in [-0.2, -0.15) is 5.26 Å². The summed E-state index contributed by atoms with van der Waals surface area (Å²) >= 11 is 0. The minimum absolute atomic E-state index is 0.0435. The summed E-state index contributed by atoms with van der Waals surface area (Å²) in [5, 5.41) is 9.25. The number of primary amides is 1. The molecular formula is C19H13FN4O4. The number of nitrogens with zero attached hydrogens (tertiary/aromatic N) is 3. The first-order valence-corrected chi connectivity index (χ1v) is 7.93. The number of halogens is 1. The monoisotopic (exact) mass is 380 g/mol. The second kappa shape index (κ2) is 7.20. The molecule has 28 heavy (non-hydrogen) atoms. The summed E-state index contributed by atoms with van der Waals surface area (Å²) in [5.41, 5.74) is 2.35. The Morgan fingerprint density at radius 2 is 1.86 bits per heavy atom. The first-order valence-electron chi connectivity index (χ1n) is 7.93. The van der Waals surface area contributed by atoms with Gasteiger partial charge in [-0.1, -0.05) is 18.2 Å². The van der Waals surface area contributed by atoms with Crippen molar-refractivity contribution < 1.29 is 13.9 Å². The molecule has 0 bridgehead atoms. The quantitative estimate of drug-likeness (QED) is 0.734. The number of carbonyl (C=O) groups is 1. The second-order valence-electron chi connectivity index (χ2n) is 5.74. The van der Waals surface area contributed by atoms with Gasteiger partial charge in [0.2, 0.25) is 0 Å². The highest BCUT2D eigenvalue weighted by Crippen LogP contribution is 2.28. The van der Waals surface area contributed by atoms with E-state index in [9.17, 15) is 24.0 Å². The molecule has 9 heteroatoms. The molecule has 3 rings (SSSR count). The molecule has 0 unspecified atom stereocenters. The van der Waals surface area contributed by atoms with E-state index in [2.05, 4.69) is 0 Å². The molecule has 140 valence electrons. The molecule has 0 fully saturated rings. The van der Waals surface area contributed by atoms with Crippen molar-refractivity contribution in [1.29, 1.82) is 5.26 Å². The van der Waals surface area contributed by atoms with Crippen LogP contribution in [0.3, 0.4) is 0 Å². The Balaban J connectivity index is 2.24. The fourth-order valence-electron chi connectivity index (χ4n) is 2.59. The lowest BCUT2D eigenvalue weighted by atomic mass is 10.1. The smallest absolute Gasteiger partial charge is 0.336 e. The predicted octanol–water partition coefficient (Wildman–Crippen LogP) is 1.44. The van der Waals surface area contributed by atoms with Gasteiger partial charge in [0.15, 0.2) is 0 Å². The molecule has 0 aliphatic carbocycles. The first kappa shape index (κ1) is 18.6. The zero-order valence-electron chi connectivity index (χ0n) is 14.5. The van der Waals surface area contributed by atoms with Gasteiger partial charge in [0.25, 0.3) is 11.5 Å². The van der Waals surface area contributed by atoms with Crippen LogP contribution in [0.1, 0.15) is 16.1 Å². The minimum atomic E-state index is -0.983. The third kappa shape index (κ3) is 3.26. The van der Waals surface area contributed by atoms with Crippen LogP contribution < -0.4 is 21.7 Å². The van der Waals surface area contributed by atoms with Crippen molar-refractivity contribution in [3.05, 3.63) is 86.4 Å². The molecule has 0 spiro atoms. The maximum Gasteiger partial charge on any atom is 0.336 e. The lowest BCUT2D eigenvalue weighted by Crippen LogP contribution is -2.41. The van der Waals surface area contributed by atoms with Crippen molar-refractivity contribution in [2.75, 3.05) is 0 Å². The molecule has 2 N–H and O–H groups in total. The normalized spacial score (nSPS) is 10.3. The van der Waals surface area contributed by atoms with Crippen LogP contribution in [-0.2, 0) is 7.05 Å². The van der Waals surface area contributed by atoms with Crippen molar-refractivity contribution in [3.8, 4) is 23.3 Å². The van der Waals surface area contributed by atoms with Gasteiger partial charge in [0, 0.05) is 19.2 Å². The maximum absolute atomic E-state index is 14.6. The van der Waals surface area contributed by atoms with E-state index >= 15 is 0 Å². The van der Waals surface area contributed by atoms with Crippen LogP contribution in [0.2, 0.25) is 0 Å². The van der Waals surface area contributed by atoms with Gasteiger partial charge in [-0.05, 0) is 18.2 Å². The number of aromatic nitrogens is 2. The van der Waals surface area contributed by atoms with Crippen molar-refractivity contribution in [2.24, 2.45) is 12.8 Å². The molecule has 0 atom stereocenters. The van der Waals surface area contributed by atoms with Gasteiger partial charge in [0.1, 0.15) is 29.1 Å². The van der Waals surface area contributed by atoms with Crippen molar-refractivity contribution in [3.63, 3.8) is 0 Å². The van der Waals surface area contributed by atoms with Crippen molar-refractivity contribution in [1.82, 2.24) is 9.13 Å². The highest BCUT2D eigenvalue weighted by atomic mass is 19.1. The highest BCUT2D eigenvalue weighted by Gasteiger charge is 2.19. The summed E-state index contributed by atoms with van der Waals surface area (Å²) in [4.78, 5) is 36.3. The average Bonchev–Trinajstić information content (AvgIpc) is 2.67. The SMILES string of the molecule is Cn1c(C(N)=O)cc(=O)n(-c2cc(Oc3ccccc3)c(C#N)cc2F)c1=O. The van der Waals surface area contributed by atoms with Crippen LogP contribution in [0.5, 0.6) is 11.5 Å². The molecule has 2 aromatic carbocycles. The second-order valence-corrected chi connectivity index (χ2v) is 5.74. The van der Waals surface area contributed by atoms with E-state index in [1.54, 1.807) is 36.4 Å². The van der Waals surface area contributed by atoms with Gasteiger partial charge < -0.3 is 10.5 Å². The molecule has 1 heterocycles. The largest absolute Gasteiger partial charge is 0.456 e. The summed E-state index contributed by atoms with van der Waals surface area (Å²) < 4.78 is 21.5. The fraction of sp³-hybridized carbons (Fsp3) is 0.0526. The summed E-state index contributed by atoms with van der Waals surface area (Å²) in [6.07, 6.45) is 0. The van der Waals surface area contributed by atoms with Crippen molar-refractivity contribution >= 4 is 5.91 Å². The van der Waals surface area contributed by atoms with Crippen LogP contribution in [-0.4, -0.2) is 15.0 Å². The topological polar surface area (TPSA) is 120 Å². The molecule has 1 aromatic heterocycles. The molecular weight excluding hydrogens is 367 g/mol. The Bertz CT molecular complexity index is 1240. The third-order valence-corrected chi connectivity index (χ3v) is 3.95. The van der Waals surface area contributed by atoms with E-state index < -0.39 is 28.7 Å². The molecule has 1 amide bonds. The van der Waals surface area contributed by atoms with Gasteiger partial charge in [-0.3, -0.25) is 14.2 Å². The Kier molecular flexibility index (Phi) is 4.78. The van der Waals surface area contributed by atoms with Gasteiger partial charge in [0.05, 0.1) is 11.3 Å². The van der Waals surface area contributed by atoms with Crippen LogP contribution in [0, 0.1) is 17.1 Å². The van der Waals surface area contributed by atoms with E-state index in [-0.39, 0.29) is 17.0 Å².